The SMILES string of the molecule is CCCCOc1cc(I)cc(CO)c1. The number of ether oxygens (including phenoxy) is 1. The van der Waals surface area contributed by atoms with E-state index in [1.165, 1.54) is 0 Å². The van der Waals surface area contributed by atoms with Crippen LogP contribution >= 0.6 is 22.6 Å². The smallest absolute Gasteiger partial charge is 0.120 e. The number of hydrogen-bond acceptors (Lipinski definition) is 2. The minimum absolute atomic E-state index is 0.0704. The van der Waals surface area contributed by atoms with E-state index < -0.39 is 0 Å². The number of aliphatic hydroxyl groups is 1. The van der Waals surface area contributed by atoms with Gasteiger partial charge in [0.25, 0.3) is 0 Å². The molecule has 1 rings (SSSR count). The molecule has 0 unspecified atom stereocenters. The van der Waals surface area contributed by atoms with Gasteiger partial charge in [-0.1, -0.05) is 13.3 Å². The van der Waals surface area contributed by atoms with Crippen molar-refractivity contribution >= 4 is 22.6 Å². The van der Waals surface area contributed by atoms with Crippen LogP contribution in [0.15, 0.2) is 18.2 Å². The van der Waals surface area contributed by atoms with Crippen molar-refractivity contribution < 1.29 is 9.84 Å². The average molecular weight is 306 g/mol. The van der Waals surface area contributed by atoms with Crippen molar-refractivity contribution in [1.82, 2.24) is 0 Å². The molecule has 0 aliphatic rings. The van der Waals surface area contributed by atoms with Crippen molar-refractivity contribution in [3.8, 4) is 5.75 Å². The number of aliphatic hydroxyl groups excluding tert-OH is 1. The van der Waals surface area contributed by atoms with Crippen LogP contribution in [0.25, 0.3) is 0 Å². The van der Waals surface area contributed by atoms with Crippen molar-refractivity contribution in [2.45, 2.75) is 26.4 Å². The summed E-state index contributed by atoms with van der Waals surface area (Å²) in [6.07, 6.45) is 2.21. The Bertz CT molecular complexity index is 287. The molecule has 0 saturated carbocycles. The average Bonchev–Trinajstić information content (AvgIpc) is 2.17. The lowest BCUT2D eigenvalue weighted by Crippen LogP contribution is -1.97. The zero-order chi connectivity index (χ0) is 10.4. The topological polar surface area (TPSA) is 29.5 Å². The van der Waals surface area contributed by atoms with Gasteiger partial charge in [-0.2, -0.15) is 0 Å². The molecule has 0 bridgehead atoms. The Morgan fingerprint density at radius 1 is 1.36 bits per heavy atom. The maximum Gasteiger partial charge on any atom is 0.120 e. The molecule has 3 heteroatoms. The van der Waals surface area contributed by atoms with Gasteiger partial charge in [-0.15, -0.1) is 0 Å². The predicted octanol–water partition coefficient (Wildman–Crippen LogP) is 2.96. The molecule has 1 aromatic carbocycles. The maximum absolute atomic E-state index is 9.00. The van der Waals surface area contributed by atoms with Crippen LogP contribution in [0.4, 0.5) is 0 Å². The summed E-state index contributed by atoms with van der Waals surface area (Å²) in [4.78, 5) is 0. The van der Waals surface area contributed by atoms with Gasteiger partial charge in [-0.25, -0.2) is 0 Å². The van der Waals surface area contributed by atoms with Crippen LogP contribution in [0.1, 0.15) is 25.3 Å². The van der Waals surface area contributed by atoms with Gasteiger partial charge < -0.3 is 9.84 Å². The van der Waals surface area contributed by atoms with E-state index in [-0.39, 0.29) is 6.61 Å². The Kier molecular flexibility index (Phi) is 5.25. The number of halogens is 1. The number of hydrogen-bond donors (Lipinski definition) is 1. The van der Waals surface area contributed by atoms with E-state index in [0.29, 0.717) is 0 Å². The van der Waals surface area contributed by atoms with Crippen LogP contribution in [-0.2, 0) is 6.61 Å². The molecule has 0 fully saturated rings. The maximum atomic E-state index is 9.00. The molecule has 0 aliphatic heterocycles. The molecule has 78 valence electrons. The van der Waals surface area contributed by atoms with Gasteiger partial charge in [-0.05, 0) is 52.8 Å². The van der Waals surface area contributed by atoms with Crippen molar-refractivity contribution in [3.63, 3.8) is 0 Å². The van der Waals surface area contributed by atoms with E-state index in [2.05, 4.69) is 29.5 Å². The molecular formula is C11H15IO2. The van der Waals surface area contributed by atoms with E-state index in [1.807, 2.05) is 18.2 Å². The molecule has 1 aromatic rings. The Morgan fingerprint density at radius 2 is 2.14 bits per heavy atom. The third-order valence-corrected chi connectivity index (χ3v) is 2.50. The van der Waals surface area contributed by atoms with Crippen LogP contribution in [0, 0.1) is 3.57 Å². The minimum atomic E-state index is 0.0704. The lowest BCUT2D eigenvalue weighted by atomic mass is 10.2. The van der Waals surface area contributed by atoms with Gasteiger partial charge in [0, 0.05) is 3.57 Å². The second-order valence-corrected chi connectivity index (χ2v) is 4.40. The Balaban J connectivity index is 2.62. The molecule has 0 saturated heterocycles. The molecule has 0 aromatic heterocycles. The first-order chi connectivity index (χ1) is 6.76. The molecular weight excluding hydrogens is 291 g/mol. The summed E-state index contributed by atoms with van der Waals surface area (Å²) in [5, 5.41) is 9.00. The summed E-state index contributed by atoms with van der Waals surface area (Å²) in [6, 6.07) is 5.82. The van der Waals surface area contributed by atoms with Crippen LogP contribution in [0.5, 0.6) is 5.75 Å². The Morgan fingerprint density at radius 3 is 2.79 bits per heavy atom. The molecule has 2 nitrogen and oxygen atoms in total. The Labute approximate surface area is 98.4 Å². The van der Waals surface area contributed by atoms with E-state index in [0.717, 1.165) is 34.3 Å². The summed E-state index contributed by atoms with van der Waals surface area (Å²) in [5.41, 5.74) is 0.906. The summed E-state index contributed by atoms with van der Waals surface area (Å²) < 4.78 is 6.65. The Hall–Kier alpha value is -0.290. The van der Waals surface area contributed by atoms with Crippen molar-refractivity contribution in [1.29, 1.82) is 0 Å². The molecule has 0 radical (unpaired) electrons. The van der Waals surface area contributed by atoms with E-state index >= 15 is 0 Å². The molecule has 0 amide bonds. The third kappa shape index (κ3) is 3.84. The number of benzene rings is 1. The van der Waals surface area contributed by atoms with Crippen molar-refractivity contribution in [2.24, 2.45) is 0 Å². The van der Waals surface area contributed by atoms with Gasteiger partial charge in [0.2, 0.25) is 0 Å². The summed E-state index contributed by atoms with van der Waals surface area (Å²) in [5.74, 6) is 0.856. The first kappa shape index (κ1) is 11.8. The normalized spacial score (nSPS) is 10.2. The first-order valence-corrected chi connectivity index (χ1v) is 5.87. The molecule has 1 N–H and O–H groups in total. The highest BCUT2D eigenvalue weighted by Crippen LogP contribution is 2.19. The zero-order valence-corrected chi connectivity index (χ0v) is 10.5. The minimum Gasteiger partial charge on any atom is -0.494 e. The van der Waals surface area contributed by atoms with E-state index in [4.69, 9.17) is 9.84 Å². The lowest BCUT2D eigenvalue weighted by molar-refractivity contribution is 0.278. The largest absolute Gasteiger partial charge is 0.494 e. The van der Waals surface area contributed by atoms with Crippen LogP contribution in [-0.4, -0.2) is 11.7 Å². The van der Waals surface area contributed by atoms with Crippen molar-refractivity contribution in [2.75, 3.05) is 6.61 Å². The van der Waals surface area contributed by atoms with Gasteiger partial charge in [0.1, 0.15) is 5.75 Å². The van der Waals surface area contributed by atoms with Crippen LogP contribution in [0.3, 0.4) is 0 Å². The van der Waals surface area contributed by atoms with E-state index in [9.17, 15) is 0 Å². The third-order valence-electron chi connectivity index (χ3n) is 1.88. The van der Waals surface area contributed by atoms with Gasteiger partial charge >= 0.3 is 0 Å². The van der Waals surface area contributed by atoms with E-state index in [1.54, 1.807) is 0 Å². The van der Waals surface area contributed by atoms with Gasteiger partial charge in [0.15, 0.2) is 0 Å². The summed E-state index contributed by atoms with van der Waals surface area (Å²) in [6.45, 7) is 2.96. The van der Waals surface area contributed by atoms with Crippen LogP contribution in [0.2, 0.25) is 0 Å². The fourth-order valence-electron chi connectivity index (χ4n) is 1.13. The molecule has 14 heavy (non-hydrogen) atoms. The lowest BCUT2D eigenvalue weighted by Gasteiger charge is -2.07. The molecule has 0 spiro atoms. The molecule has 0 atom stereocenters. The second-order valence-electron chi connectivity index (χ2n) is 3.16. The number of rotatable bonds is 5. The quantitative estimate of drug-likeness (QED) is 0.669. The van der Waals surface area contributed by atoms with Crippen molar-refractivity contribution in [3.05, 3.63) is 27.3 Å². The van der Waals surface area contributed by atoms with Gasteiger partial charge in [0.05, 0.1) is 13.2 Å². The number of unbranched alkanes of at least 4 members (excludes halogenated alkanes) is 1. The summed E-state index contributed by atoms with van der Waals surface area (Å²) >= 11 is 2.22. The molecule has 0 aliphatic carbocycles. The standard InChI is InChI=1S/C11H15IO2/c1-2-3-4-14-11-6-9(8-13)5-10(12)7-11/h5-7,13H,2-4,8H2,1H3. The monoisotopic (exact) mass is 306 g/mol. The zero-order valence-electron chi connectivity index (χ0n) is 8.29. The highest BCUT2D eigenvalue weighted by atomic mass is 127. The first-order valence-electron chi connectivity index (χ1n) is 4.79. The fraction of sp³-hybridized carbons (Fsp3) is 0.455. The summed E-state index contributed by atoms with van der Waals surface area (Å²) in [7, 11) is 0. The van der Waals surface area contributed by atoms with Gasteiger partial charge in [-0.3, -0.25) is 0 Å². The fourth-order valence-corrected chi connectivity index (χ4v) is 1.84. The van der Waals surface area contributed by atoms with Crippen LogP contribution < -0.4 is 4.74 Å². The second kappa shape index (κ2) is 6.24. The predicted molar refractivity (Wildman–Crippen MR) is 65.5 cm³/mol. The highest BCUT2D eigenvalue weighted by molar-refractivity contribution is 14.1. The molecule has 0 heterocycles. The highest BCUT2D eigenvalue weighted by Gasteiger charge is 1.99.